The lowest BCUT2D eigenvalue weighted by Gasteiger charge is -2.32. The minimum atomic E-state index is -5.90. The molecule has 7 nitrogen and oxygen atoms in total. The summed E-state index contributed by atoms with van der Waals surface area (Å²) in [5, 5.41) is 0. The van der Waals surface area contributed by atoms with Gasteiger partial charge in [0, 0.05) is 18.6 Å². The number of alkyl halides is 7. The van der Waals surface area contributed by atoms with Crippen molar-refractivity contribution in [1.82, 2.24) is 9.97 Å². The molecular formula is C20H18F7N3O4S. The Bertz CT molecular complexity index is 1100. The van der Waals surface area contributed by atoms with Gasteiger partial charge in [-0.05, 0) is 24.2 Å². The lowest BCUT2D eigenvalue weighted by Crippen LogP contribution is -2.50. The van der Waals surface area contributed by atoms with Crippen LogP contribution in [0.3, 0.4) is 0 Å². The SMILES string of the molecule is CC[S+]([O-])c1cc(OCC(C)(F)F)cnc1-c1cc2c(cn1)N(CC(F)(F)C(F)(F)F)C(=O)OC2. The highest BCUT2D eigenvalue weighted by Crippen LogP contribution is 2.39. The third kappa shape index (κ3) is 6.07. The summed E-state index contributed by atoms with van der Waals surface area (Å²) in [6.45, 7) is -1.17. The third-order valence-electron chi connectivity index (χ3n) is 4.67. The van der Waals surface area contributed by atoms with Gasteiger partial charge in [0.2, 0.25) is 0 Å². The van der Waals surface area contributed by atoms with Gasteiger partial charge in [0.1, 0.15) is 30.3 Å². The van der Waals surface area contributed by atoms with Crippen molar-refractivity contribution in [3.8, 4) is 17.1 Å². The molecule has 0 radical (unpaired) electrons. The normalized spacial score (nSPS) is 15.5. The lowest BCUT2D eigenvalue weighted by atomic mass is 10.1. The Morgan fingerprint density at radius 2 is 1.83 bits per heavy atom. The van der Waals surface area contributed by atoms with Crippen molar-refractivity contribution in [3.05, 3.63) is 30.1 Å². The maximum absolute atomic E-state index is 13.6. The van der Waals surface area contributed by atoms with E-state index in [4.69, 9.17) is 9.47 Å². The summed E-state index contributed by atoms with van der Waals surface area (Å²) >= 11 is -1.67. The van der Waals surface area contributed by atoms with Crippen molar-refractivity contribution < 1.29 is 49.6 Å². The first kappa shape index (κ1) is 26.8. The highest BCUT2D eigenvalue weighted by atomic mass is 32.2. The molecule has 3 heterocycles. The monoisotopic (exact) mass is 529 g/mol. The number of rotatable bonds is 8. The Kier molecular flexibility index (Phi) is 7.41. The van der Waals surface area contributed by atoms with E-state index >= 15 is 0 Å². The molecule has 0 saturated heterocycles. The summed E-state index contributed by atoms with van der Waals surface area (Å²) in [6.07, 6.45) is -5.31. The second-order valence-electron chi connectivity index (χ2n) is 7.55. The molecule has 1 aliphatic rings. The number of ether oxygens (including phenoxy) is 2. The topological polar surface area (TPSA) is 87.6 Å². The number of anilines is 1. The number of cyclic esters (lactones) is 1. The van der Waals surface area contributed by atoms with Crippen LogP contribution in [0.25, 0.3) is 11.4 Å². The molecule has 0 saturated carbocycles. The molecule has 0 fully saturated rings. The Morgan fingerprint density at radius 3 is 2.43 bits per heavy atom. The molecule has 15 heteroatoms. The first-order chi connectivity index (χ1) is 16.1. The van der Waals surface area contributed by atoms with E-state index in [1.54, 1.807) is 6.92 Å². The minimum absolute atomic E-state index is 0.0349. The van der Waals surface area contributed by atoms with E-state index in [-0.39, 0.29) is 43.9 Å². The maximum Gasteiger partial charge on any atom is 0.455 e. The molecule has 0 aromatic carbocycles. The van der Waals surface area contributed by atoms with Crippen LogP contribution in [-0.2, 0) is 22.5 Å². The van der Waals surface area contributed by atoms with Gasteiger partial charge in [0.25, 0.3) is 5.92 Å². The number of carbonyl (C=O) groups is 1. The van der Waals surface area contributed by atoms with Crippen molar-refractivity contribution in [2.45, 2.75) is 43.4 Å². The van der Waals surface area contributed by atoms with E-state index in [1.165, 1.54) is 12.1 Å². The molecule has 2 aromatic rings. The van der Waals surface area contributed by atoms with Crippen LogP contribution in [0.4, 0.5) is 41.2 Å². The van der Waals surface area contributed by atoms with Crippen LogP contribution in [-0.4, -0.2) is 57.5 Å². The number of fused-ring (bicyclic) bond motifs is 1. The predicted octanol–water partition coefficient (Wildman–Crippen LogP) is 4.96. The summed E-state index contributed by atoms with van der Waals surface area (Å²) in [5.74, 6) is -8.31. The average molecular weight is 529 g/mol. The minimum Gasteiger partial charge on any atom is -0.611 e. The van der Waals surface area contributed by atoms with Gasteiger partial charge >= 0.3 is 18.2 Å². The lowest BCUT2D eigenvalue weighted by molar-refractivity contribution is -0.276. The van der Waals surface area contributed by atoms with Crippen molar-refractivity contribution in [2.75, 3.05) is 23.8 Å². The fourth-order valence-electron chi connectivity index (χ4n) is 2.97. The molecule has 1 amide bonds. The molecule has 2 aromatic heterocycles. The zero-order valence-corrected chi connectivity index (χ0v) is 19.0. The standard InChI is InChI=1S/C20H18F7N3O4S/c1-3-35(32)15-5-12(34-10-18(2,21)22)6-29-16(15)13-4-11-8-33-17(31)30(14(11)7-28-13)9-19(23,24)20(25,26)27/h4-7H,3,8-10H2,1-2H3. The van der Waals surface area contributed by atoms with Gasteiger partial charge in [-0.1, -0.05) is 0 Å². The van der Waals surface area contributed by atoms with Gasteiger partial charge < -0.3 is 14.0 Å². The zero-order chi connectivity index (χ0) is 26.2. The quantitative estimate of drug-likeness (QED) is 0.355. The van der Waals surface area contributed by atoms with Crippen LogP contribution in [0.5, 0.6) is 5.75 Å². The molecule has 0 aliphatic carbocycles. The van der Waals surface area contributed by atoms with Gasteiger partial charge in [-0.3, -0.25) is 9.88 Å². The highest BCUT2D eigenvalue weighted by molar-refractivity contribution is 7.91. The molecule has 0 spiro atoms. The maximum atomic E-state index is 13.6. The van der Waals surface area contributed by atoms with Gasteiger partial charge in [0.15, 0.2) is 11.5 Å². The van der Waals surface area contributed by atoms with Crippen molar-refractivity contribution in [3.63, 3.8) is 0 Å². The largest absolute Gasteiger partial charge is 0.611 e. The third-order valence-corrected chi connectivity index (χ3v) is 6.00. The molecule has 35 heavy (non-hydrogen) atoms. The second-order valence-corrected chi connectivity index (χ2v) is 9.26. The Hall–Kier alpha value is -2.81. The molecule has 1 atom stereocenters. The zero-order valence-electron chi connectivity index (χ0n) is 18.2. The molecule has 1 unspecified atom stereocenters. The van der Waals surface area contributed by atoms with Crippen LogP contribution >= 0.6 is 0 Å². The van der Waals surface area contributed by atoms with Crippen LogP contribution in [0.15, 0.2) is 29.4 Å². The van der Waals surface area contributed by atoms with Gasteiger partial charge in [0.05, 0.1) is 23.8 Å². The van der Waals surface area contributed by atoms with E-state index in [2.05, 4.69) is 9.97 Å². The summed E-state index contributed by atoms with van der Waals surface area (Å²) in [4.78, 5) is 20.2. The van der Waals surface area contributed by atoms with E-state index < -0.39 is 55.0 Å². The summed E-state index contributed by atoms with van der Waals surface area (Å²) in [7, 11) is 0. The van der Waals surface area contributed by atoms with Crippen molar-refractivity contribution in [2.24, 2.45) is 0 Å². The van der Waals surface area contributed by atoms with E-state index in [1.807, 2.05) is 0 Å². The highest BCUT2D eigenvalue weighted by Gasteiger charge is 2.59. The predicted molar refractivity (Wildman–Crippen MR) is 109 cm³/mol. The first-order valence-electron chi connectivity index (χ1n) is 9.90. The molecule has 0 N–H and O–H groups in total. The van der Waals surface area contributed by atoms with Crippen LogP contribution in [0.2, 0.25) is 0 Å². The van der Waals surface area contributed by atoms with Crippen LogP contribution in [0.1, 0.15) is 19.4 Å². The Labute approximate surface area is 197 Å². The smallest absolute Gasteiger partial charge is 0.455 e. The van der Waals surface area contributed by atoms with Crippen molar-refractivity contribution in [1.29, 1.82) is 0 Å². The molecule has 192 valence electrons. The molecule has 3 rings (SSSR count). The Morgan fingerprint density at radius 1 is 1.14 bits per heavy atom. The number of aromatic nitrogens is 2. The second kappa shape index (κ2) is 9.68. The molecule has 1 aliphatic heterocycles. The van der Waals surface area contributed by atoms with Gasteiger partial charge in [-0.15, -0.1) is 0 Å². The average Bonchev–Trinajstić information content (AvgIpc) is 2.77. The number of pyridine rings is 2. The van der Waals surface area contributed by atoms with Gasteiger partial charge in [-0.2, -0.15) is 22.0 Å². The number of hydrogen-bond donors (Lipinski definition) is 0. The summed E-state index contributed by atoms with van der Waals surface area (Å²) in [5.41, 5.74) is -0.202. The van der Waals surface area contributed by atoms with Crippen molar-refractivity contribution >= 4 is 23.0 Å². The summed E-state index contributed by atoms with van der Waals surface area (Å²) in [6, 6.07) is 2.48. The van der Waals surface area contributed by atoms with Crippen LogP contribution < -0.4 is 9.64 Å². The number of carbonyl (C=O) groups excluding carboxylic acids is 1. The fraction of sp³-hybridized carbons (Fsp3) is 0.450. The van der Waals surface area contributed by atoms with Gasteiger partial charge in [-0.25, -0.2) is 18.6 Å². The van der Waals surface area contributed by atoms with E-state index in [9.17, 15) is 40.1 Å². The van der Waals surface area contributed by atoms with E-state index in [0.717, 1.165) is 12.4 Å². The first-order valence-corrected chi connectivity index (χ1v) is 11.2. The molecule has 0 bridgehead atoms. The Balaban J connectivity index is 1.98. The van der Waals surface area contributed by atoms with Crippen LogP contribution in [0, 0.1) is 0 Å². The number of hydrogen-bond acceptors (Lipinski definition) is 6. The molecular weight excluding hydrogens is 511 g/mol. The fourth-order valence-corrected chi connectivity index (χ4v) is 3.90. The number of amides is 1. The number of halogens is 7. The number of nitrogens with zero attached hydrogens (tertiary/aromatic N) is 3. The summed E-state index contributed by atoms with van der Waals surface area (Å²) < 4.78 is 114. The van der Waals surface area contributed by atoms with E-state index in [0.29, 0.717) is 6.92 Å².